The van der Waals surface area contributed by atoms with Crippen molar-refractivity contribution in [3.63, 3.8) is 0 Å². The summed E-state index contributed by atoms with van der Waals surface area (Å²) >= 11 is 1.85. The quantitative estimate of drug-likeness (QED) is 0.791. The number of rotatable bonds is 5. The minimum absolute atomic E-state index is 0.0233. The second-order valence-electron chi connectivity index (χ2n) is 7.07. The molecular formula is C20H23N2O3S+. The van der Waals surface area contributed by atoms with Crippen molar-refractivity contribution in [2.45, 2.75) is 25.3 Å². The van der Waals surface area contributed by atoms with Gasteiger partial charge in [-0.2, -0.15) is 0 Å². The number of thiophene rings is 1. The van der Waals surface area contributed by atoms with E-state index in [1.54, 1.807) is 24.3 Å². The van der Waals surface area contributed by atoms with Gasteiger partial charge in [0.2, 0.25) is 0 Å². The first-order valence-corrected chi connectivity index (χ1v) is 9.92. The zero-order valence-corrected chi connectivity index (χ0v) is 15.6. The number of carbonyl (C=O) groups is 2. The number of esters is 1. The maximum absolute atomic E-state index is 12.6. The van der Waals surface area contributed by atoms with E-state index in [9.17, 15) is 9.59 Å². The van der Waals surface area contributed by atoms with E-state index in [-0.39, 0.29) is 11.9 Å². The Labute approximate surface area is 157 Å². The highest BCUT2D eigenvalue weighted by molar-refractivity contribution is 7.10. The van der Waals surface area contributed by atoms with Crippen LogP contribution in [0.5, 0.6) is 0 Å². The number of hydrogen-bond donors (Lipinski definition) is 2. The third-order valence-corrected chi connectivity index (χ3v) is 6.30. The molecular weight excluding hydrogens is 348 g/mol. The van der Waals surface area contributed by atoms with Crippen molar-refractivity contribution in [2.24, 2.45) is 5.92 Å². The molecule has 2 heterocycles. The monoisotopic (exact) mass is 371 g/mol. The van der Waals surface area contributed by atoms with E-state index in [0.717, 1.165) is 18.9 Å². The molecule has 1 fully saturated rings. The lowest BCUT2D eigenvalue weighted by atomic mass is 9.96. The Bertz CT molecular complexity index is 811. The molecule has 1 aromatic carbocycles. The van der Waals surface area contributed by atoms with Crippen LogP contribution >= 0.6 is 11.3 Å². The van der Waals surface area contributed by atoms with Crippen LogP contribution in [-0.4, -0.2) is 32.1 Å². The summed E-state index contributed by atoms with van der Waals surface area (Å²) < 4.78 is 4.69. The second kappa shape index (κ2) is 7.21. The number of anilines is 1. The van der Waals surface area contributed by atoms with E-state index in [1.807, 2.05) is 11.3 Å². The van der Waals surface area contributed by atoms with Crippen molar-refractivity contribution in [3.8, 4) is 0 Å². The Kier molecular flexibility index (Phi) is 4.78. The largest absolute Gasteiger partial charge is 0.465 e. The summed E-state index contributed by atoms with van der Waals surface area (Å²) in [5, 5.41) is 5.15. The van der Waals surface area contributed by atoms with E-state index in [2.05, 4.69) is 16.8 Å². The standard InChI is InChI=1S/C20H22N2O3S/c1-25-20(24)14-4-6-15(7-5-14)21-18(23)12-22-10-8-17-16(9-11-26-17)19(22)13-2-3-13/h4-7,9,11,13,19H,2-3,8,10,12H2,1H3,(H,21,23)/p+1/t19-/m1/s1. The molecule has 2 aliphatic rings. The van der Waals surface area contributed by atoms with Gasteiger partial charge < -0.3 is 15.0 Å². The molecule has 1 aliphatic heterocycles. The molecule has 5 nitrogen and oxygen atoms in total. The molecule has 26 heavy (non-hydrogen) atoms. The minimum atomic E-state index is -0.375. The average molecular weight is 371 g/mol. The van der Waals surface area contributed by atoms with Gasteiger partial charge in [0.1, 0.15) is 6.04 Å². The number of quaternary nitrogens is 1. The molecule has 1 saturated carbocycles. The Hall–Kier alpha value is -2.18. The molecule has 2 N–H and O–H groups in total. The van der Waals surface area contributed by atoms with E-state index in [0.29, 0.717) is 23.8 Å². The van der Waals surface area contributed by atoms with E-state index < -0.39 is 0 Å². The van der Waals surface area contributed by atoms with Crippen LogP contribution in [0.3, 0.4) is 0 Å². The highest BCUT2D eigenvalue weighted by Crippen LogP contribution is 2.42. The van der Waals surface area contributed by atoms with E-state index >= 15 is 0 Å². The first-order valence-electron chi connectivity index (χ1n) is 9.05. The topological polar surface area (TPSA) is 59.8 Å². The molecule has 2 aromatic rings. The molecule has 0 saturated heterocycles. The van der Waals surface area contributed by atoms with E-state index in [1.165, 1.54) is 35.3 Å². The van der Waals surface area contributed by atoms with Crippen LogP contribution in [0.15, 0.2) is 35.7 Å². The lowest BCUT2D eigenvalue weighted by molar-refractivity contribution is -0.928. The molecule has 0 radical (unpaired) electrons. The third kappa shape index (κ3) is 3.52. The van der Waals surface area contributed by atoms with Crippen LogP contribution in [0.2, 0.25) is 0 Å². The van der Waals surface area contributed by atoms with Crippen molar-refractivity contribution < 1.29 is 19.2 Å². The number of fused-ring (bicyclic) bond motifs is 1. The predicted octanol–water partition coefficient (Wildman–Crippen LogP) is 2.07. The molecule has 1 amide bonds. The normalized spacial score (nSPS) is 21.7. The van der Waals surface area contributed by atoms with Gasteiger partial charge in [-0.15, -0.1) is 11.3 Å². The lowest BCUT2D eigenvalue weighted by Crippen LogP contribution is -3.14. The summed E-state index contributed by atoms with van der Waals surface area (Å²) in [6.45, 7) is 1.50. The lowest BCUT2D eigenvalue weighted by Gasteiger charge is -2.32. The fourth-order valence-electron chi connectivity index (χ4n) is 3.91. The number of methoxy groups -OCH3 is 1. The average Bonchev–Trinajstić information content (AvgIpc) is 3.37. The van der Waals surface area contributed by atoms with Gasteiger partial charge in [-0.3, -0.25) is 4.79 Å². The van der Waals surface area contributed by atoms with Crippen LogP contribution in [-0.2, 0) is 16.0 Å². The molecule has 1 unspecified atom stereocenters. The summed E-state index contributed by atoms with van der Waals surface area (Å²) in [7, 11) is 1.36. The van der Waals surface area contributed by atoms with Gasteiger partial charge in [0.15, 0.2) is 6.54 Å². The Balaban J connectivity index is 1.41. The first kappa shape index (κ1) is 17.2. The number of benzene rings is 1. The Morgan fingerprint density at radius 3 is 2.69 bits per heavy atom. The maximum Gasteiger partial charge on any atom is 0.337 e. The van der Waals surface area contributed by atoms with E-state index in [4.69, 9.17) is 4.74 Å². The molecule has 136 valence electrons. The zero-order valence-electron chi connectivity index (χ0n) is 14.8. The van der Waals surface area contributed by atoms with Crippen LogP contribution in [0.1, 0.15) is 39.7 Å². The number of amides is 1. The highest BCUT2D eigenvalue weighted by Gasteiger charge is 2.43. The summed E-state index contributed by atoms with van der Waals surface area (Å²) in [6, 6.07) is 9.54. The van der Waals surface area contributed by atoms with Crippen LogP contribution in [0.4, 0.5) is 5.69 Å². The highest BCUT2D eigenvalue weighted by atomic mass is 32.1. The summed E-state index contributed by atoms with van der Waals surface area (Å²) in [5.41, 5.74) is 2.65. The molecule has 2 atom stereocenters. The number of carbonyl (C=O) groups excluding carboxylic acids is 2. The third-order valence-electron chi connectivity index (χ3n) is 5.30. The number of hydrogen-bond acceptors (Lipinski definition) is 4. The van der Waals surface area contributed by atoms with Crippen LogP contribution in [0.25, 0.3) is 0 Å². The minimum Gasteiger partial charge on any atom is -0.465 e. The molecule has 6 heteroatoms. The first-order chi connectivity index (χ1) is 12.7. The van der Waals surface area contributed by atoms with Crippen molar-refractivity contribution in [2.75, 3.05) is 25.5 Å². The van der Waals surface area contributed by atoms with Crippen LogP contribution < -0.4 is 10.2 Å². The van der Waals surface area contributed by atoms with Crippen LogP contribution in [0, 0.1) is 5.92 Å². The van der Waals surface area contributed by atoms with Gasteiger partial charge in [0.05, 0.1) is 19.2 Å². The van der Waals surface area contributed by atoms with Crippen molar-refractivity contribution in [1.29, 1.82) is 0 Å². The number of nitrogens with one attached hydrogen (secondary N) is 2. The predicted molar refractivity (Wildman–Crippen MR) is 101 cm³/mol. The smallest absolute Gasteiger partial charge is 0.337 e. The Morgan fingerprint density at radius 2 is 2.00 bits per heavy atom. The van der Waals surface area contributed by atoms with Gasteiger partial charge in [0, 0.05) is 28.5 Å². The zero-order chi connectivity index (χ0) is 18.1. The molecule has 0 bridgehead atoms. The van der Waals surface area contributed by atoms with Gasteiger partial charge >= 0.3 is 5.97 Å². The Morgan fingerprint density at radius 1 is 1.23 bits per heavy atom. The van der Waals surface area contributed by atoms with Gasteiger partial charge in [-0.1, -0.05) is 0 Å². The fourth-order valence-corrected chi connectivity index (χ4v) is 4.84. The van der Waals surface area contributed by atoms with Gasteiger partial charge in [0.25, 0.3) is 5.91 Å². The molecule has 4 rings (SSSR count). The maximum atomic E-state index is 12.6. The SMILES string of the molecule is COC(=O)c1ccc(NC(=O)C[NH+]2CCc3sccc3[C@H]2C2CC2)cc1. The van der Waals surface area contributed by atoms with Crippen molar-refractivity contribution in [3.05, 3.63) is 51.7 Å². The summed E-state index contributed by atoms with van der Waals surface area (Å²) in [5.74, 6) is 0.375. The molecule has 1 aliphatic carbocycles. The van der Waals surface area contributed by atoms with Crippen molar-refractivity contribution >= 4 is 28.9 Å². The van der Waals surface area contributed by atoms with Gasteiger partial charge in [-0.05, 0) is 48.6 Å². The van der Waals surface area contributed by atoms with Gasteiger partial charge in [-0.25, -0.2) is 4.79 Å². The second-order valence-corrected chi connectivity index (χ2v) is 8.07. The molecule has 1 aromatic heterocycles. The summed E-state index contributed by atoms with van der Waals surface area (Å²) in [4.78, 5) is 26.9. The summed E-state index contributed by atoms with van der Waals surface area (Å²) in [6.07, 6.45) is 3.62. The number of ether oxygens (including phenoxy) is 1. The fraction of sp³-hybridized carbons (Fsp3) is 0.400. The van der Waals surface area contributed by atoms with Crippen molar-refractivity contribution in [1.82, 2.24) is 0 Å². The molecule has 0 spiro atoms.